The first-order valence-electron chi connectivity index (χ1n) is 7.90. The number of aromatic nitrogens is 1. The molecule has 2 amide bonds. The number of carbonyl (C=O) groups excluding carboxylic acids is 1. The molecule has 1 aromatic heterocycles. The van der Waals surface area contributed by atoms with E-state index in [0.29, 0.717) is 12.2 Å². The molecule has 2 heterocycles. The molecule has 2 atom stereocenters. The molecule has 0 saturated carbocycles. The van der Waals surface area contributed by atoms with Crippen molar-refractivity contribution in [1.82, 2.24) is 15.2 Å². The monoisotopic (exact) mass is 328 g/mol. The van der Waals surface area contributed by atoms with E-state index < -0.39 is 18.0 Å². The Bertz CT molecular complexity index is 753. The summed E-state index contributed by atoms with van der Waals surface area (Å²) in [4.78, 5) is 28.8. The van der Waals surface area contributed by atoms with Crippen LogP contribution in [0.25, 0.3) is 10.8 Å². The van der Waals surface area contributed by atoms with Gasteiger partial charge in [0.05, 0.1) is 11.7 Å². The van der Waals surface area contributed by atoms with Crippen LogP contribution in [0.1, 0.15) is 18.2 Å². The first-order chi connectivity index (χ1) is 11.6. The average Bonchev–Trinajstić information content (AvgIpc) is 3.08. The maximum Gasteiger partial charge on any atom is 0.408 e. The van der Waals surface area contributed by atoms with Gasteiger partial charge < -0.3 is 16.2 Å². The summed E-state index contributed by atoms with van der Waals surface area (Å²) in [5.41, 5.74) is 5.95. The molecule has 0 radical (unpaired) electrons. The second kappa shape index (κ2) is 6.84. The van der Waals surface area contributed by atoms with E-state index in [0.717, 1.165) is 28.6 Å². The molecule has 24 heavy (non-hydrogen) atoms. The van der Waals surface area contributed by atoms with Gasteiger partial charge in [-0.15, -0.1) is 0 Å². The average molecular weight is 328 g/mol. The molecule has 1 aliphatic heterocycles. The molecule has 1 saturated heterocycles. The Hall–Kier alpha value is -2.67. The van der Waals surface area contributed by atoms with Crippen LogP contribution < -0.4 is 11.1 Å². The van der Waals surface area contributed by atoms with E-state index in [2.05, 4.69) is 10.3 Å². The third-order valence-corrected chi connectivity index (χ3v) is 4.44. The Balaban J connectivity index is 2.12. The summed E-state index contributed by atoms with van der Waals surface area (Å²) >= 11 is 0. The molecule has 1 aliphatic rings. The number of nitrogens with one attached hydrogen (secondary N) is 1. The standard InChI is InChI=1S/C17H20N4O3/c18-14(22)10-21(17(23)24)16(12-5-7-19-9-12)15-13-4-2-1-3-11(13)6-8-20-15/h1-4,6,8,12,16,19H,5,7,9-10H2,(H2,18,22)(H,23,24). The van der Waals surface area contributed by atoms with Gasteiger partial charge >= 0.3 is 6.09 Å². The fourth-order valence-electron chi connectivity index (χ4n) is 3.40. The molecule has 0 aliphatic carbocycles. The lowest BCUT2D eigenvalue weighted by Crippen LogP contribution is -2.43. The van der Waals surface area contributed by atoms with Gasteiger partial charge in [0.2, 0.25) is 5.91 Å². The molecule has 1 aromatic carbocycles. The van der Waals surface area contributed by atoms with Crippen molar-refractivity contribution in [3.05, 3.63) is 42.2 Å². The van der Waals surface area contributed by atoms with Gasteiger partial charge in [-0.25, -0.2) is 4.79 Å². The lowest BCUT2D eigenvalue weighted by molar-refractivity contribution is -0.119. The van der Waals surface area contributed by atoms with Crippen molar-refractivity contribution in [1.29, 1.82) is 0 Å². The molecule has 126 valence electrons. The highest BCUT2D eigenvalue weighted by atomic mass is 16.4. The smallest absolute Gasteiger partial charge is 0.408 e. The molecule has 2 aromatic rings. The van der Waals surface area contributed by atoms with E-state index in [1.54, 1.807) is 6.20 Å². The zero-order chi connectivity index (χ0) is 17.1. The summed E-state index contributed by atoms with van der Waals surface area (Å²) in [5.74, 6) is -0.632. The Kier molecular flexibility index (Phi) is 4.61. The van der Waals surface area contributed by atoms with Crippen LogP contribution in [0.4, 0.5) is 4.79 Å². The third-order valence-electron chi connectivity index (χ3n) is 4.44. The number of amides is 2. The van der Waals surface area contributed by atoms with Gasteiger partial charge in [0.1, 0.15) is 6.54 Å². The van der Waals surface area contributed by atoms with Crippen molar-refractivity contribution >= 4 is 22.8 Å². The zero-order valence-electron chi connectivity index (χ0n) is 13.2. The lowest BCUT2D eigenvalue weighted by Gasteiger charge is -2.32. The van der Waals surface area contributed by atoms with Crippen molar-refractivity contribution in [3.8, 4) is 0 Å². The summed E-state index contributed by atoms with van der Waals surface area (Å²) in [6.45, 7) is 1.15. The number of hydrogen-bond donors (Lipinski definition) is 3. The van der Waals surface area contributed by atoms with Crippen molar-refractivity contribution < 1.29 is 14.7 Å². The minimum Gasteiger partial charge on any atom is -0.465 e. The van der Waals surface area contributed by atoms with Crippen LogP contribution in [-0.2, 0) is 4.79 Å². The van der Waals surface area contributed by atoms with Crippen LogP contribution in [0.5, 0.6) is 0 Å². The summed E-state index contributed by atoms with van der Waals surface area (Å²) in [6.07, 6.45) is 1.33. The highest BCUT2D eigenvalue weighted by Crippen LogP contribution is 2.35. The maximum atomic E-state index is 11.8. The van der Waals surface area contributed by atoms with Crippen LogP contribution in [0, 0.1) is 5.92 Å². The van der Waals surface area contributed by atoms with E-state index in [4.69, 9.17) is 5.73 Å². The zero-order valence-corrected chi connectivity index (χ0v) is 13.2. The molecule has 0 bridgehead atoms. The molecular formula is C17H20N4O3. The molecular weight excluding hydrogens is 308 g/mol. The van der Waals surface area contributed by atoms with E-state index in [-0.39, 0.29) is 12.5 Å². The number of fused-ring (bicyclic) bond motifs is 1. The quantitative estimate of drug-likeness (QED) is 0.768. The number of carbonyl (C=O) groups is 2. The van der Waals surface area contributed by atoms with Crippen LogP contribution >= 0.6 is 0 Å². The van der Waals surface area contributed by atoms with Crippen molar-refractivity contribution in [2.75, 3.05) is 19.6 Å². The van der Waals surface area contributed by atoms with Gasteiger partial charge in [0, 0.05) is 18.1 Å². The van der Waals surface area contributed by atoms with E-state index in [9.17, 15) is 14.7 Å². The van der Waals surface area contributed by atoms with Gasteiger partial charge in [-0.2, -0.15) is 0 Å². The lowest BCUT2D eigenvalue weighted by atomic mass is 9.91. The molecule has 4 N–H and O–H groups in total. The summed E-state index contributed by atoms with van der Waals surface area (Å²) in [6, 6.07) is 9.09. The normalized spacial score (nSPS) is 18.4. The molecule has 1 fully saturated rings. The fourth-order valence-corrected chi connectivity index (χ4v) is 3.40. The Labute approximate surface area is 139 Å². The highest BCUT2D eigenvalue weighted by Gasteiger charge is 2.36. The van der Waals surface area contributed by atoms with E-state index >= 15 is 0 Å². The topological polar surface area (TPSA) is 109 Å². The minimum atomic E-state index is -1.17. The molecule has 2 unspecified atom stereocenters. The number of rotatable bonds is 5. The predicted molar refractivity (Wildman–Crippen MR) is 89.4 cm³/mol. The summed E-state index contributed by atoms with van der Waals surface area (Å²) in [5, 5.41) is 14.8. The fraction of sp³-hybridized carbons (Fsp3) is 0.353. The van der Waals surface area contributed by atoms with Gasteiger partial charge in [0.25, 0.3) is 0 Å². The number of nitrogens with zero attached hydrogens (tertiary/aromatic N) is 2. The minimum absolute atomic E-state index is 0.0405. The predicted octanol–water partition coefficient (Wildman–Crippen LogP) is 1.35. The van der Waals surface area contributed by atoms with Gasteiger partial charge in [-0.3, -0.25) is 14.7 Å². The number of benzene rings is 1. The second-order valence-corrected chi connectivity index (χ2v) is 5.99. The van der Waals surface area contributed by atoms with Crippen LogP contribution in [0.15, 0.2) is 36.5 Å². The highest BCUT2D eigenvalue weighted by molar-refractivity contribution is 5.86. The molecule has 3 rings (SSSR count). The summed E-state index contributed by atoms with van der Waals surface area (Å²) < 4.78 is 0. The van der Waals surface area contributed by atoms with E-state index in [1.807, 2.05) is 30.3 Å². The maximum absolute atomic E-state index is 11.8. The van der Waals surface area contributed by atoms with E-state index in [1.165, 1.54) is 0 Å². The Morgan fingerprint density at radius 3 is 2.83 bits per heavy atom. The Morgan fingerprint density at radius 1 is 1.38 bits per heavy atom. The number of carboxylic acid groups (broad SMARTS) is 1. The second-order valence-electron chi connectivity index (χ2n) is 5.99. The first kappa shape index (κ1) is 16.2. The van der Waals surface area contributed by atoms with Gasteiger partial charge in [0.15, 0.2) is 0 Å². The Morgan fingerprint density at radius 2 is 2.17 bits per heavy atom. The molecule has 7 nitrogen and oxygen atoms in total. The number of primary amides is 1. The number of pyridine rings is 1. The molecule has 7 heteroatoms. The molecule has 0 spiro atoms. The number of hydrogen-bond acceptors (Lipinski definition) is 4. The van der Waals surface area contributed by atoms with Crippen molar-refractivity contribution in [2.24, 2.45) is 11.7 Å². The van der Waals surface area contributed by atoms with Crippen molar-refractivity contribution in [2.45, 2.75) is 12.5 Å². The van der Waals surface area contributed by atoms with Crippen LogP contribution in [0.2, 0.25) is 0 Å². The third kappa shape index (κ3) is 3.16. The SMILES string of the molecule is NC(=O)CN(C(=O)O)C(c1nccc2ccccc12)C1CCNC1. The first-order valence-corrected chi connectivity index (χ1v) is 7.90. The number of nitrogens with two attached hydrogens (primary N) is 1. The summed E-state index contributed by atoms with van der Waals surface area (Å²) in [7, 11) is 0. The van der Waals surface area contributed by atoms with Crippen LogP contribution in [-0.4, -0.2) is 46.6 Å². The largest absolute Gasteiger partial charge is 0.465 e. The van der Waals surface area contributed by atoms with Gasteiger partial charge in [-0.05, 0) is 30.3 Å². The van der Waals surface area contributed by atoms with Gasteiger partial charge in [-0.1, -0.05) is 24.3 Å². The van der Waals surface area contributed by atoms with Crippen LogP contribution in [0.3, 0.4) is 0 Å². The van der Waals surface area contributed by atoms with Crippen molar-refractivity contribution in [3.63, 3.8) is 0 Å².